The quantitative estimate of drug-likeness (QED) is 0.405. The molecule has 3 aliphatic heterocycles. The standard InChI is InChI=1S/C31H31N5/c1-5-18-12-28-22-10-9-11-23(32-22)29-13-19(6-2)25(34-29)17-27-21(8-4)15-31(36-27)30-14-20(7-3)26(35-30)16-24(18)33-28/h9-17,33-34H,5-8H2,1-4H3. The van der Waals surface area contributed by atoms with Crippen molar-refractivity contribution in [2.45, 2.75) is 53.4 Å². The van der Waals surface area contributed by atoms with Crippen molar-refractivity contribution in [3.63, 3.8) is 0 Å². The van der Waals surface area contributed by atoms with Gasteiger partial charge in [-0.15, -0.1) is 0 Å². The molecule has 36 heavy (non-hydrogen) atoms. The summed E-state index contributed by atoms with van der Waals surface area (Å²) in [4.78, 5) is 22.4. The maximum absolute atomic E-state index is 5.06. The summed E-state index contributed by atoms with van der Waals surface area (Å²) in [5, 5.41) is 0. The molecule has 0 unspecified atom stereocenters. The number of aromatic amines is 2. The number of aliphatic imine (C=N–C) groups is 2. The maximum atomic E-state index is 5.06. The summed E-state index contributed by atoms with van der Waals surface area (Å²) in [6.45, 7) is 8.75. The number of rotatable bonds is 4. The SMILES string of the molecule is CCC1=CC2=NC1=Cc1[nH]c(cc1CC)-c1cccc(n1)-c1cc(CC)c([nH]1)C=C1N=C2C=C1CC. The molecule has 180 valence electrons. The highest BCUT2D eigenvalue weighted by atomic mass is 14.9. The van der Waals surface area contributed by atoms with Gasteiger partial charge in [-0.1, -0.05) is 33.8 Å². The van der Waals surface area contributed by atoms with Gasteiger partial charge in [-0.3, -0.25) is 0 Å². The normalized spacial score (nSPS) is 16.1. The lowest BCUT2D eigenvalue weighted by atomic mass is 10.1. The summed E-state index contributed by atoms with van der Waals surface area (Å²) < 4.78 is 0. The lowest BCUT2D eigenvalue weighted by molar-refractivity contribution is 1.10. The molecule has 3 aromatic heterocycles. The van der Waals surface area contributed by atoms with Gasteiger partial charge in [0.25, 0.3) is 0 Å². The predicted octanol–water partition coefficient (Wildman–Crippen LogP) is 7.47. The number of H-pyrrole nitrogens is 2. The van der Waals surface area contributed by atoms with Gasteiger partial charge < -0.3 is 9.97 Å². The van der Waals surface area contributed by atoms with Crippen LogP contribution in [0.2, 0.25) is 0 Å². The van der Waals surface area contributed by atoms with Crippen molar-refractivity contribution in [2.75, 3.05) is 0 Å². The first kappa shape index (κ1) is 22.5. The summed E-state index contributed by atoms with van der Waals surface area (Å²) >= 11 is 0. The van der Waals surface area contributed by atoms with E-state index in [9.17, 15) is 0 Å². The fourth-order valence-electron chi connectivity index (χ4n) is 5.18. The number of nitrogens with zero attached hydrogens (tertiary/aromatic N) is 3. The predicted molar refractivity (Wildman–Crippen MR) is 150 cm³/mol. The Balaban J connectivity index is 1.62. The minimum atomic E-state index is 0.920. The molecule has 6 rings (SSSR count). The molecule has 0 saturated heterocycles. The molecule has 0 radical (unpaired) electrons. The summed E-state index contributed by atoms with van der Waals surface area (Å²) in [7, 11) is 0. The van der Waals surface area contributed by atoms with Crippen molar-refractivity contribution in [1.82, 2.24) is 15.0 Å². The number of allylic oxidation sites excluding steroid dienone is 4. The molecular formula is C31H31N5. The van der Waals surface area contributed by atoms with Crippen LogP contribution >= 0.6 is 0 Å². The summed E-state index contributed by atoms with van der Waals surface area (Å²) in [6, 6.07) is 10.7. The fourth-order valence-corrected chi connectivity index (χ4v) is 5.18. The average Bonchev–Trinajstić information content (AvgIpc) is 3.68. The zero-order chi connectivity index (χ0) is 24.8. The van der Waals surface area contributed by atoms with Crippen LogP contribution in [-0.2, 0) is 12.8 Å². The van der Waals surface area contributed by atoms with Gasteiger partial charge in [-0.25, -0.2) is 15.0 Å². The first-order valence-electron chi connectivity index (χ1n) is 13.0. The number of aromatic nitrogens is 3. The van der Waals surface area contributed by atoms with E-state index in [1.807, 2.05) is 0 Å². The van der Waals surface area contributed by atoms with Gasteiger partial charge in [0.1, 0.15) is 0 Å². The molecule has 0 spiro atoms. The summed E-state index contributed by atoms with van der Waals surface area (Å²) in [5.74, 6) is 0. The zero-order valence-electron chi connectivity index (χ0n) is 21.4. The number of fused-ring (bicyclic) bond motifs is 11. The molecule has 3 aliphatic rings. The Morgan fingerprint density at radius 1 is 0.611 bits per heavy atom. The van der Waals surface area contributed by atoms with Gasteiger partial charge >= 0.3 is 0 Å². The second-order valence-electron chi connectivity index (χ2n) is 9.46. The van der Waals surface area contributed by atoms with Gasteiger partial charge in [0.2, 0.25) is 0 Å². The van der Waals surface area contributed by atoms with Crippen molar-refractivity contribution >= 4 is 23.6 Å². The van der Waals surface area contributed by atoms with E-state index in [0.29, 0.717) is 0 Å². The second-order valence-corrected chi connectivity index (χ2v) is 9.46. The molecule has 0 amide bonds. The van der Waals surface area contributed by atoms with E-state index in [1.54, 1.807) is 0 Å². The molecular weight excluding hydrogens is 442 g/mol. The van der Waals surface area contributed by atoms with E-state index in [1.165, 1.54) is 22.3 Å². The third-order valence-corrected chi connectivity index (χ3v) is 7.28. The highest BCUT2D eigenvalue weighted by Gasteiger charge is 2.23. The zero-order valence-corrected chi connectivity index (χ0v) is 21.4. The van der Waals surface area contributed by atoms with E-state index >= 15 is 0 Å². The van der Waals surface area contributed by atoms with Crippen LogP contribution in [0.25, 0.3) is 34.9 Å². The first-order valence-corrected chi connectivity index (χ1v) is 13.0. The van der Waals surface area contributed by atoms with E-state index in [0.717, 1.165) is 82.7 Å². The second kappa shape index (κ2) is 8.90. The van der Waals surface area contributed by atoms with Crippen LogP contribution < -0.4 is 0 Å². The molecule has 0 saturated carbocycles. The Hall–Kier alpha value is -3.99. The molecule has 5 heteroatoms. The lowest BCUT2D eigenvalue weighted by Crippen LogP contribution is -2.04. The molecule has 10 bridgehead atoms. The van der Waals surface area contributed by atoms with E-state index in [-0.39, 0.29) is 0 Å². The third kappa shape index (κ3) is 3.76. The molecule has 0 aromatic carbocycles. The number of hydrogen-bond donors (Lipinski definition) is 2. The van der Waals surface area contributed by atoms with E-state index in [4.69, 9.17) is 15.0 Å². The van der Waals surface area contributed by atoms with Gasteiger partial charge in [-0.2, -0.15) is 0 Å². The molecule has 0 aliphatic carbocycles. The van der Waals surface area contributed by atoms with Gasteiger partial charge in [0.05, 0.1) is 45.6 Å². The largest absolute Gasteiger partial charge is 0.353 e. The van der Waals surface area contributed by atoms with Crippen LogP contribution in [0.5, 0.6) is 0 Å². The monoisotopic (exact) mass is 473 g/mol. The van der Waals surface area contributed by atoms with E-state index in [2.05, 4.69) is 92.3 Å². The van der Waals surface area contributed by atoms with Crippen LogP contribution in [0.1, 0.15) is 63.1 Å². The van der Waals surface area contributed by atoms with Crippen LogP contribution in [-0.4, -0.2) is 26.4 Å². The number of hydrogen-bond acceptors (Lipinski definition) is 3. The molecule has 6 heterocycles. The van der Waals surface area contributed by atoms with Crippen molar-refractivity contribution in [3.05, 3.63) is 87.5 Å². The highest BCUT2D eigenvalue weighted by molar-refractivity contribution is 6.52. The van der Waals surface area contributed by atoms with E-state index < -0.39 is 0 Å². The Kier molecular flexibility index (Phi) is 5.56. The Morgan fingerprint density at radius 2 is 1.08 bits per heavy atom. The van der Waals surface area contributed by atoms with Gasteiger partial charge in [0.15, 0.2) is 0 Å². The van der Waals surface area contributed by atoms with Crippen molar-refractivity contribution in [3.8, 4) is 22.8 Å². The van der Waals surface area contributed by atoms with Gasteiger partial charge in [0, 0.05) is 11.4 Å². The minimum Gasteiger partial charge on any atom is -0.353 e. The van der Waals surface area contributed by atoms with Crippen molar-refractivity contribution < 1.29 is 0 Å². The van der Waals surface area contributed by atoms with Crippen LogP contribution in [0.3, 0.4) is 0 Å². The van der Waals surface area contributed by atoms with Gasteiger partial charge in [-0.05, 0) is 96.5 Å². The molecule has 0 atom stereocenters. The van der Waals surface area contributed by atoms with Crippen LogP contribution in [0, 0.1) is 0 Å². The lowest BCUT2D eigenvalue weighted by Gasteiger charge is -2.03. The fraction of sp³-hybridized carbons (Fsp3) is 0.258. The Labute approximate surface area is 212 Å². The smallest absolute Gasteiger partial charge is 0.0897 e. The van der Waals surface area contributed by atoms with Crippen LogP contribution in [0.15, 0.2) is 75.0 Å². The molecule has 2 N–H and O–H groups in total. The molecule has 3 aromatic rings. The first-order chi connectivity index (χ1) is 17.6. The molecule has 0 fully saturated rings. The van der Waals surface area contributed by atoms with Crippen molar-refractivity contribution in [2.24, 2.45) is 9.98 Å². The third-order valence-electron chi connectivity index (χ3n) is 7.28. The topological polar surface area (TPSA) is 69.2 Å². The minimum absolute atomic E-state index is 0.920. The summed E-state index contributed by atoms with van der Waals surface area (Å²) in [5.41, 5.74) is 15.0. The number of aryl methyl sites for hydroxylation is 2. The van der Waals surface area contributed by atoms with Crippen molar-refractivity contribution in [1.29, 1.82) is 0 Å². The maximum Gasteiger partial charge on any atom is 0.0897 e. The molecule has 5 nitrogen and oxygen atoms in total. The summed E-state index contributed by atoms with van der Waals surface area (Å²) in [6.07, 6.45) is 12.5. The average molecular weight is 474 g/mol. The van der Waals surface area contributed by atoms with Crippen LogP contribution in [0.4, 0.5) is 0 Å². The number of pyridine rings is 1. The number of nitrogens with one attached hydrogen (secondary N) is 2. The Morgan fingerprint density at radius 3 is 1.50 bits per heavy atom. The highest BCUT2D eigenvalue weighted by Crippen LogP contribution is 2.33. The Bertz CT molecular complexity index is 1450.